The molecular weight excluding hydrogens is 396 g/mol. The summed E-state index contributed by atoms with van der Waals surface area (Å²) in [7, 11) is 0. The molecule has 166 valence electrons. The lowest BCUT2D eigenvalue weighted by atomic mass is 10.0. The van der Waals surface area contributed by atoms with Gasteiger partial charge in [0.2, 0.25) is 11.8 Å². The number of aryl methyl sites for hydroxylation is 2. The first-order valence-electron chi connectivity index (χ1n) is 10.9. The molecule has 9 nitrogen and oxygen atoms in total. The quantitative estimate of drug-likeness (QED) is 0.797. The molecule has 2 aromatic heterocycles. The lowest BCUT2D eigenvalue weighted by Crippen LogP contribution is -2.38. The number of likely N-dealkylation sites (tertiary alicyclic amines) is 1. The van der Waals surface area contributed by atoms with Gasteiger partial charge in [-0.15, -0.1) is 0 Å². The second kappa shape index (κ2) is 8.28. The van der Waals surface area contributed by atoms with Crippen LogP contribution in [0.5, 0.6) is 0 Å². The molecule has 1 saturated heterocycles. The largest absolute Gasteiger partial charge is 0.342 e. The van der Waals surface area contributed by atoms with Crippen LogP contribution in [0.15, 0.2) is 10.9 Å². The predicted octanol–water partition coefficient (Wildman–Crippen LogP) is 1.46. The smallest absolute Gasteiger partial charge is 0.254 e. The lowest BCUT2D eigenvalue weighted by molar-refractivity contribution is -0.131. The summed E-state index contributed by atoms with van der Waals surface area (Å²) in [5, 5.41) is 4.49. The van der Waals surface area contributed by atoms with Gasteiger partial charge < -0.3 is 14.8 Å². The van der Waals surface area contributed by atoms with Gasteiger partial charge in [-0.05, 0) is 39.7 Å². The van der Waals surface area contributed by atoms with Crippen LogP contribution in [0.1, 0.15) is 67.1 Å². The maximum atomic E-state index is 12.9. The highest BCUT2D eigenvalue weighted by Crippen LogP contribution is 2.27. The fourth-order valence-corrected chi connectivity index (χ4v) is 4.69. The summed E-state index contributed by atoms with van der Waals surface area (Å²) in [5.41, 5.74) is 3.23. The molecule has 2 aromatic rings. The van der Waals surface area contributed by atoms with Crippen molar-refractivity contribution in [3.05, 3.63) is 44.9 Å². The van der Waals surface area contributed by atoms with Crippen molar-refractivity contribution in [2.75, 3.05) is 19.6 Å². The monoisotopic (exact) mass is 426 g/mol. The minimum atomic E-state index is -0.119. The Hall–Kier alpha value is -2.97. The molecule has 0 aliphatic carbocycles. The third-order valence-electron chi connectivity index (χ3n) is 6.40. The highest BCUT2D eigenvalue weighted by atomic mass is 16.2. The van der Waals surface area contributed by atoms with Crippen LogP contribution in [-0.2, 0) is 22.6 Å². The van der Waals surface area contributed by atoms with E-state index in [4.69, 9.17) is 4.98 Å². The number of amides is 2. The van der Waals surface area contributed by atoms with Crippen LogP contribution < -0.4 is 5.56 Å². The van der Waals surface area contributed by atoms with Crippen LogP contribution in [0.4, 0.5) is 0 Å². The van der Waals surface area contributed by atoms with E-state index in [1.807, 2.05) is 36.4 Å². The van der Waals surface area contributed by atoms with Crippen LogP contribution in [0.2, 0.25) is 0 Å². The summed E-state index contributed by atoms with van der Waals surface area (Å²) in [5.74, 6) is 0.698. The van der Waals surface area contributed by atoms with Crippen molar-refractivity contribution in [3.8, 4) is 0 Å². The Bertz CT molecular complexity index is 1070. The van der Waals surface area contributed by atoms with Crippen molar-refractivity contribution in [3.63, 3.8) is 0 Å². The molecule has 4 rings (SSSR count). The zero-order valence-electron chi connectivity index (χ0n) is 18.6. The molecule has 2 atom stereocenters. The van der Waals surface area contributed by atoms with E-state index in [9.17, 15) is 14.4 Å². The summed E-state index contributed by atoms with van der Waals surface area (Å²) in [6, 6.07) is 2.00. The van der Waals surface area contributed by atoms with Crippen LogP contribution in [0.3, 0.4) is 0 Å². The number of carbonyl (C=O) groups is 2. The maximum Gasteiger partial charge on any atom is 0.254 e. The van der Waals surface area contributed by atoms with Crippen molar-refractivity contribution < 1.29 is 9.59 Å². The number of nitrogens with one attached hydrogen (secondary N) is 1. The normalized spacial score (nSPS) is 19.4. The van der Waals surface area contributed by atoms with E-state index in [1.54, 1.807) is 4.90 Å². The minimum absolute atomic E-state index is 0.00125. The van der Waals surface area contributed by atoms with E-state index in [1.165, 1.54) is 6.92 Å². The van der Waals surface area contributed by atoms with Crippen LogP contribution in [-0.4, -0.2) is 61.0 Å². The molecule has 0 saturated carbocycles. The number of carbonyl (C=O) groups excluding carboxylic acids is 2. The van der Waals surface area contributed by atoms with E-state index in [0.29, 0.717) is 56.1 Å². The van der Waals surface area contributed by atoms with Crippen molar-refractivity contribution >= 4 is 11.8 Å². The van der Waals surface area contributed by atoms with Gasteiger partial charge in [0.25, 0.3) is 5.56 Å². The average Bonchev–Trinajstić information content (AvgIpc) is 3.34. The van der Waals surface area contributed by atoms with Crippen LogP contribution >= 0.6 is 0 Å². The number of hydrogen-bond donors (Lipinski definition) is 1. The summed E-state index contributed by atoms with van der Waals surface area (Å²) >= 11 is 0. The fourth-order valence-electron chi connectivity index (χ4n) is 4.69. The van der Waals surface area contributed by atoms with Gasteiger partial charge in [-0.25, -0.2) is 4.98 Å². The summed E-state index contributed by atoms with van der Waals surface area (Å²) in [6.45, 7) is 9.60. The van der Waals surface area contributed by atoms with Crippen LogP contribution in [0.25, 0.3) is 0 Å². The molecule has 1 N–H and O–H groups in total. The highest BCUT2D eigenvalue weighted by Gasteiger charge is 2.31. The fraction of sp³-hybridized carbons (Fsp3) is 0.591. The van der Waals surface area contributed by atoms with Gasteiger partial charge in [0.15, 0.2) is 0 Å². The van der Waals surface area contributed by atoms with Crippen molar-refractivity contribution in [2.24, 2.45) is 0 Å². The predicted molar refractivity (Wildman–Crippen MR) is 115 cm³/mol. The Morgan fingerprint density at radius 3 is 2.71 bits per heavy atom. The van der Waals surface area contributed by atoms with Gasteiger partial charge in [-0.3, -0.25) is 19.1 Å². The molecule has 2 aliphatic heterocycles. The molecule has 4 heterocycles. The van der Waals surface area contributed by atoms with Gasteiger partial charge in [0.05, 0.1) is 24.0 Å². The van der Waals surface area contributed by atoms with E-state index in [0.717, 1.165) is 17.8 Å². The Morgan fingerprint density at radius 1 is 1.26 bits per heavy atom. The Balaban J connectivity index is 1.44. The molecule has 31 heavy (non-hydrogen) atoms. The van der Waals surface area contributed by atoms with Gasteiger partial charge in [-0.1, -0.05) is 0 Å². The number of rotatable bonds is 4. The number of aromatic nitrogens is 4. The average molecular weight is 427 g/mol. The number of hydrogen-bond acceptors (Lipinski definition) is 5. The van der Waals surface area contributed by atoms with Gasteiger partial charge in [0.1, 0.15) is 5.82 Å². The first-order chi connectivity index (χ1) is 14.7. The van der Waals surface area contributed by atoms with Crippen molar-refractivity contribution in [2.45, 2.75) is 65.5 Å². The number of nitrogens with zero attached hydrogens (tertiary/aromatic N) is 5. The maximum absolute atomic E-state index is 12.9. The first kappa shape index (κ1) is 21.3. The third-order valence-corrected chi connectivity index (χ3v) is 6.40. The minimum Gasteiger partial charge on any atom is -0.342 e. The molecule has 9 heteroatoms. The summed E-state index contributed by atoms with van der Waals surface area (Å²) < 4.78 is 1.91. The summed E-state index contributed by atoms with van der Waals surface area (Å²) in [6.07, 6.45) is 1.67. The van der Waals surface area contributed by atoms with Crippen molar-refractivity contribution in [1.29, 1.82) is 0 Å². The number of fused-ring (bicyclic) bond motifs is 1. The Labute approximate surface area is 181 Å². The highest BCUT2D eigenvalue weighted by molar-refractivity contribution is 5.77. The molecular formula is C22H30N6O3. The molecule has 0 bridgehead atoms. The van der Waals surface area contributed by atoms with E-state index < -0.39 is 0 Å². The second-order valence-corrected chi connectivity index (χ2v) is 8.82. The van der Waals surface area contributed by atoms with Gasteiger partial charge >= 0.3 is 0 Å². The first-order valence-corrected chi connectivity index (χ1v) is 10.9. The van der Waals surface area contributed by atoms with Gasteiger partial charge in [0, 0.05) is 50.2 Å². The Morgan fingerprint density at radius 2 is 2.03 bits per heavy atom. The molecule has 0 radical (unpaired) electrons. The lowest BCUT2D eigenvalue weighted by Gasteiger charge is -2.27. The molecule has 2 amide bonds. The van der Waals surface area contributed by atoms with E-state index in [2.05, 4.69) is 10.1 Å². The van der Waals surface area contributed by atoms with Crippen LogP contribution in [0, 0.1) is 13.8 Å². The second-order valence-electron chi connectivity index (χ2n) is 8.82. The van der Waals surface area contributed by atoms with Crippen molar-refractivity contribution in [1.82, 2.24) is 29.5 Å². The topological polar surface area (TPSA) is 104 Å². The Kier molecular flexibility index (Phi) is 5.68. The molecule has 0 spiro atoms. The molecule has 2 aliphatic rings. The van der Waals surface area contributed by atoms with E-state index in [-0.39, 0.29) is 29.3 Å². The van der Waals surface area contributed by atoms with E-state index >= 15 is 0 Å². The standard InChI is InChI=1S/C22H30N6O3/c1-13-9-14(2)28(25-13)15(3)10-20(30)27-7-5-17(11-27)21-23-19-12-26(16(4)29)8-6-18(19)22(31)24-21/h9,15,17H,5-8,10-12H2,1-4H3,(H,23,24,31)/t15-,17-/m0/s1. The molecule has 0 unspecified atom stereocenters. The zero-order valence-corrected chi connectivity index (χ0v) is 18.6. The molecule has 0 aromatic carbocycles. The summed E-state index contributed by atoms with van der Waals surface area (Å²) in [4.78, 5) is 48.4. The number of H-pyrrole nitrogens is 1. The molecule has 1 fully saturated rings. The third kappa shape index (κ3) is 4.26. The zero-order chi connectivity index (χ0) is 22.3. The van der Waals surface area contributed by atoms with Gasteiger partial charge in [-0.2, -0.15) is 5.10 Å². The SMILES string of the molecule is CC(=O)N1CCc2c(nc([C@H]3CCN(C(=O)C[C@H](C)n4nc(C)cc4C)C3)[nH]c2=O)C1. The number of aromatic amines is 1.